The van der Waals surface area contributed by atoms with Gasteiger partial charge in [0.15, 0.2) is 0 Å². The van der Waals surface area contributed by atoms with Crippen molar-refractivity contribution < 1.29 is 28.3 Å². The van der Waals surface area contributed by atoms with Crippen LogP contribution >= 0.6 is 0 Å². The van der Waals surface area contributed by atoms with E-state index < -0.39 is 17.7 Å². The van der Waals surface area contributed by atoms with Crippen LogP contribution in [0.5, 0.6) is 0 Å². The van der Waals surface area contributed by atoms with Gasteiger partial charge in [0.2, 0.25) is 0 Å². The van der Waals surface area contributed by atoms with E-state index in [1.807, 2.05) is 13.8 Å². The third-order valence-electron chi connectivity index (χ3n) is 5.57. The fraction of sp³-hybridized carbons (Fsp3) is 0.636. The Bertz CT molecular complexity index is 798. The number of amides is 1. The summed E-state index contributed by atoms with van der Waals surface area (Å²) in [6, 6.07) is 2.21. The van der Waals surface area contributed by atoms with Crippen LogP contribution in [-0.2, 0) is 9.57 Å². The first-order valence-corrected chi connectivity index (χ1v) is 10.8. The molecule has 0 saturated carbocycles. The van der Waals surface area contributed by atoms with Crippen molar-refractivity contribution in [2.24, 2.45) is 5.16 Å². The smallest absolute Gasteiger partial charge is 0.410 e. The summed E-state index contributed by atoms with van der Waals surface area (Å²) in [6.07, 6.45) is 1.03. The van der Waals surface area contributed by atoms with Gasteiger partial charge in [0.25, 0.3) is 0 Å². The van der Waals surface area contributed by atoms with E-state index in [1.54, 1.807) is 9.80 Å². The number of likely N-dealkylation sites (tertiary alicyclic amines) is 1. The van der Waals surface area contributed by atoms with Crippen LogP contribution in [0.2, 0.25) is 0 Å². The zero-order valence-electron chi connectivity index (χ0n) is 18.3. The maximum Gasteiger partial charge on any atom is 0.410 e. The summed E-state index contributed by atoms with van der Waals surface area (Å²) in [4.78, 5) is 21.1. The minimum atomic E-state index is -1.06. The number of oxime groups is 1. The van der Waals surface area contributed by atoms with Crippen molar-refractivity contribution in [1.82, 2.24) is 4.90 Å². The molecule has 0 bridgehead atoms. The summed E-state index contributed by atoms with van der Waals surface area (Å²) in [5.41, 5.74) is 1.04. The van der Waals surface area contributed by atoms with Gasteiger partial charge in [-0.2, -0.15) is 0 Å². The molecule has 31 heavy (non-hydrogen) atoms. The maximum atomic E-state index is 14.4. The molecule has 7 nitrogen and oxygen atoms in total. The number of aliphatic hydroxyl groups excluding tert-OH is 1. The third kappa shape index (κ3) is 6.06. The van der Waals surface area contributed by atoms with Crippen LogP contribution in [-0.4, -0.2) is 60.2 Å². The van der Waals surface area contributed by atoms with Crippen molar-refractivity contribution >= 4 is 17.5 Å². The molecular weight excluding hydrogens is 408 g/mol. The molecule has 9 heteroatoms. The molecule has 1 N–H and O–H groups in total. The molecule has 1 aromatic rings. The average molecular weight is 440 g/mol. The fourth-order valence-corrected chi connectivity index (χ4v) is 3.78. The average Bonchev–Trinajstić information content (AvgIpc) is 2.73. The predicted molar refractivity (Wildman–Crippen MR) is 113 cm³/mol. The van der Waals surface area contributed by atoms with Gasteiger partial charge in [0.1, 0.15) is 17.7 Å². The quantitative estimate of drug-likeness (QED) is 0.702. The Kier molecular flexibility index (Phi) is 7.69. The molecule has 0 aliphatic carbocycles. The Morgan fingerprint density at radius 1 is 1.10 bits per heavy atom. The lowest BCUT2D eigenvalue weighted by atomic mass is 10.1. The van der Waals surface area contributed by atoms with E-state index in [1.165, 1.54) is 6.92 Å². The number of carbonyl (C=O) groups is 1. The highest BCUT2D eigenvalue weighted by atomic mass is 19.1. The molecule has 1 unspecified atom stereocenters. The number of hydrogen-bond donors (Lipinski definition) is 1. The van der Waals surface area contributed by atoms with Gasteiger partial charge < -0.3 is 24.5 Å². The number of halogens is 2. The molecule has 1 amide bonds. The minimum absolute atomic E-state index is 0.0440. The van der Waals surface area contributed by atoms with Crippen LogP contribution < -0.4 is 4.90 Å². The highest BCUT2D eigenvalue weighted by Gasteiger charge is 2.26. The molecule has 2 fully saturated rings. The van der Waals surface area contributed by atoms with Gasteiger partial charge in [0.05, 0.1) is 23.6 Å². The minimum Gasteiger partial charge on any atom is -0.447 e. The number of nitrogens with zero attached hydrogens (tertiary/aromatic N) is 3. The molecule has 2 heterocycles. The number of aliphatic hydroxyl groups is 1. The van der Waals surface area contributed by atoms with E-state index in [2.05, 4.69) is 5.16 Å². The van der Waals surface area contributed by atoms with Crippen molar-refractivity contribution in [2.75, 3.05) is 31.1 Å². The van der Waals surface area contributed by atoms with Crippen molar-refractivity contribution in [2.45, 2.75) is 64.8 Å². The molecule has 2 aliphatic heterocycles. The number of benzene rings is 1. The first-order valence-electron chi connectivity index (χ1n) is 10.8. The monoisotopic (exact) mass is 439 g/mol. The van der Waals surface area contributed by atoms with E-state index >= 15 is 0 Å². The molecule has 3 rings (SSSR count). The van der Waals surface area contributed by atoms with Crippen LogP contribution in [0.3, 0.4) is 0 Å². The van der Waals surface area contributed by atoms with Crippen molar-refractivity contribution in [3.8, 4) is 0 Å². The standard InChI is InChI=1S/C22H31F2N3O4/c1-14(2)30-22(29)27-10-6-17(7-11-27)31-25-16-4-8-26(9-5-16)21-13-19(23)18(15(3)28)12-20(21)24/h12-15,17,28H,4-11H2,1-3H3. The largest absolute Gasteiger partial charge is 0.447 e. The lowest BCUT2D eigenvalue weighted by molar-refractivity contribution is 0.00415. The summed E-state index contributed by atoms with van der Waals surface area (Å²) in [5, 5.41) is 13.8. The molecule has 1 aromatic carbocycles. The molecule has 1 atom stereocenters. The molecule has 0 aromatic heterocycles. The van der Waals surface area contributed by atoms with Crippen molar-refractivity contribution in [1.29, 1.82) is 0 Å². The number of anilines is 1. The Balaban J connectivity index is 1.47. The first-order chi connectivity index (χ1) is 14.7. The summed E-state index contributed by atoms with van der Waals surface area (Å²) in [6.45, 7) is 7.21. The SMILES string of the molecule is CC(C)OC(=O)N1CCC(ON=C2CCN(c3cc(F)c(C(C)O)cc3F)CC2)CC1. The Hall–Kier alpha value is -2.42. The zero-order valence-corrected chi connectivity index (χ0v) is 18.3. The Labute approximate surface area is 181 Å². The molecule has 0 radical (unpaired) electrons. The van der Waals surface area contributed by atoms with E-state index in [9.17, 15) is 18.7 Å². The summed E-state index contributed by atoms with van der Waals surface area (Å²) in [7, 11) is 0. The van der Waals surface area contributed by atoms with Crippen LogP contribution in [0, 0.1) is 11.6 Å². The second-order valence-electron chi connectivity index (χ2n) is 8.37. The van der Waals surface area contributed by atoms with Crippen LogP contribution in [0.15, 0.2) is 17.3 Å². The van der Waals surface area contributed by atoms with E-state index in [-0.39, 0.29) is 29.6 Å². The summed E-state index contributed by atoms with van der Waals surface area (Å²) < 4.78 is 33.8. The van der Waals surface area contributed by atoms with Crippen LogP contribution in [0.4, 0.5) is 19.3 Å². The van der Waals surface area contributed by atoms with E-state index in [4.69, 9.17) is 9.57 Å². The molecule has 2 saturated heterocycles. The Morgan fingerprint density at radius 2 is 1.74 bits per heavy atom. The Morgan fingerprint density at radius 3 is 2.32 bits per heavy atom. The molecule has 2 aliphatic rings. The highest BCUT2D eigenvalue weighted by molar-refractivity contribution is 5.86. The van der Waals surface area contributed by atoms with Gasteiger partial charge in [0, 0.05) is 63.5 Å². The van der Waals surface area contributed by atoms with Gasteiger partial charge >= 0.3 is 6.09 Å². The van der Waals surface area contributed by atoms with Gasteiger partial charge in [-0.05, 0) is 26.8 Å². The number of piperidine rings is 2. The third-order valence-corrected chi connectivity index (χ3v) is 5.57. The van der Waals surface area contributed by atoms with E-state index in [0.29, 0.717) is 51.9 Å². The van der Waals surface area contributed by atoms with Crippen LogP contribution in [0.1, 0.15) is 58.1 Å². The number of rotatable bonds is 5. The molecular formula is C22H31F2N3O4. The van der Waals surface area contributed by atoms with Gasteiger partial charge in [-0.3, -0.25) is 0 Å². The molecule has 172 valence electrons. The highest BCUT2D eigenvalue weighted by Crippen LogP contribution is 2.28. The number of hydrogen-bond acceptors (Lipinski definition) is 6. The summed E-state index contributed by atoms with van der Waals surface area (Å²) in [5.74, 6) is -1.16. The van der Waals surface area contributed by atoms with Crippen molar-refractivity contribution in [3.63, 3.8) is 0 Å². The fourth-order valence-electron chi connectivity index (χ4n) is 3.78. The van der Waals surface area contributed by atoms with Gasteiger partial charge in [-0.15, -0.1) is 0 Å². The number of ether oxygens (including phenoxy) is 1. The predicted octanol–water partition coefficient (Wildman–Crippen LogP) is 4.00. The second kappa shape index (κ2) is 10.3. The first kappa shape index (κ1) is 23.2. The summed E-state index contributed by atoms with van der Waals surface area (Å²) >= 11 is 0. The van der Waals surface area contributed by atoms with Gasteiger partial charge in [-0.25, -0.2) is 13.6 Å². The second-order valence-corrected chi connectivity index (χ2v) is 8.37. The van der Waals surface area contributed by atoms with Crippen LogP contribution in [0.25, 0.3) is 0 Å². The normalized spacial score (nSPS) is 18.9. The zero-order chi connectivity index (χ0) is 22.5. The maximum absolute atomic E-state index is 14.4. The molecule has 0 spiro atoms. The van der Waals surface area contributed by atoms with Crippen molar-refractivity contribution in [3.05, 3.63) is 29.3 Å². The lowest BCUT2D eigenvalue weighted by Crippen LogP contribution is -2.41. The van der Waals surface area contributed by atoms with E-state index in [0.717, 1.165) is 17.8 Å². The lowest BCUT2D eigenvalue weighted by Gasteiger charge is -2.32. The number of carbonyl (C=O) groups excluding carboxylic acids is 1. The van der Waals surface area contributed by atoms with Gasteiger partial charge in [-0.1, -0.05) is 5.16 Å². The topological polar surface area (TPSA) is 74.6 Å².